The lowest BCUT2D eigenvalue weighted by Gasteiger charge is -2.09. The van der Waals surface area contributed by atoms with E-state index in [1.807, 2.05) is 0 Å². The van der Waals surface area contributed by atoms with Gasteiger partial charge >= 0.3 is 0 Å². The van der Waals surface area contributed by atoms with Gasteiger partial charge in [0, 0.05) is 18.0 Å². The first kappa shape index (κ1) is 15.2. The van der Waals surface area contributed by atoms with Gasteiger partial charge in [0.15, 0.2) is 5.65 Å². The van der Waals surface area contributed by atoms with Gasteiger partial charge in [0.2, 0.25) is 5.82 Å². The molecule has 0 bridgehead atoms. The van der Waals surface area contributed by atoms with Crippen molar-refractivity contribution in [3.63, 3.8) is 0 Å². The molecule has 1 aliphatic carbocycles. The van der Waals surface area contributed by atoms with E-state index in [-0.39, 0.29) is 17.8 Å². The quantitative estimate of drug-likeness (QED) is 0.776. The maximum atomic E-state index is 12.4. The predicted octanol–water partition coefficient (Wildman–Crippen LogP) is 2.13. The number of aromatic nitrogens is 4. The van der Waals surface area contributed by atoms with Gasteiger partial charge in [-0.3, -0.25) is 4.79 Å². The van der Waals surface area contributed by atoms with Gasteiger partial charge in [-0.05, 0) is 44.1 Å². The maximum absolute atomic E-state index is 12.4. The SMILES string of the molecule is O=C(NCC1CCCO1)c1nc2c3c4c(sc3ncn2n1)CCCC4. The lowest BCUT2D eigenvalue weighted by Crippen LogP contribution is -2.32. The molecule has 1 amide bonds. The molecule has 2 aliphatic rings. The fraction of sp³-hybridized carbons (Fsp3) is 0.529. The number of nitrogens with one attached hydrogen (secondary N) is 1. The van der Waals surface area contributed by atoms with E-state index in [0.29, 0.717) is 6.54 Å². The summed E-state index contributed by atoms with van der Waals surface area (Å²) in [5.74, 6) is -0.0560. The average molecular weight is 357 g/mol. The molecule has 1 unspecified atom stereocenters. The minimum Gasteiger partial charge on any atom is -0.376 e. The van der Waals surface area contributed by atoms with Crippen LogP contribution in [0.1, 0.15) is 46.7 Å². The van der Waals surface area contributed by atoms with Crippen LogP contribution < -0.4 is 5.32 Å². The Kier molecular flexibility index (Phi) is 3.67. The number of amides is 1. The van der Waals surface area contributed by atoms with E-state index in [2.05, 4.69) is 20.4 Å². The number of ether oxygens (including phenoxy) is 1. The van der Waals surface area contributed by atoms with E-state index in [1.165, 1.54) is 23.3 Å². The highest BCUT2D eigenvalue weighted by molar-refractivity contribution is 7.19. The molecule has 3 aromatic heterocycles. The summed E-state index contributed by atoms with van der Waals surface area (Å²) in [4.78, 5) is 23.9. The number of nitrogens with zero attached hydrogens (tertiary/aromatic N) is 4. The fourth-order valence-electron chi connectivity index (χ4n) is 3.74. The number of rotatable bonds is 3. The molecule has 0 saturated carbocycles. The molecule has 5 rings (SSSR count). The number of carbonyl (C=O) groups is 1. The number of carbonyl (C=O) groups excluding carboxylic acids is 1. The van der Waals surface area contributed by atoms with Crippen molar-refractivity contribution in [2.24, 2.45) is 0 Å². The van der Waals surface area contributed by atoms with E-state index >= 15 is 0 Å². The molecule has 0 aromatic carbocycles. The normalized spacial score (nSPS) is 20.2. The summed E-state index contributed by atoms with van der Waals surface area (Å²) in [6, 6.07) is 0. The first-order chi connectivity index (χ1) is 12.3. The van der Waals surface area contributed by atoms with Gasteiger partial charge in [-0.2, -0.15) is 0 Å². The molecule has 0 radical (unpaired) electrons. The van der Waals surface area contributed by atoms with Crippen LogP contribution in [-0.2, 0) is 17.6 Å². The van der Waals surface area contributed by atoms with Crippen molar-refractivity contribution in [2.75, 3.05) is 13.2 Å². The zero-order valence-corrected chi connectivity index (χ0v) is 14.6. The van der Waals surface area contributed by atoms with Gasteiger partial charge in [-0.25, -0.2) is 14.5 Å². The molecular weight excluding hydrogens is 338 g/mol. The summed E-state index contributed by atoms with van der Waals surface area (Å²) in [7, 11) is 0. The van der Waals surface area contributed by atoms with Crippen LogP contribution in [0.25, 0.3) is 15.9 Å². The summed E-state index contributed by atoms with van der Waals surface area (Å²) in [5, 5.41) is 8.29. The van der Waals surface area contributed by atoms with Crippen LogP contribution in [0.2, 0.25) is 0 Å². The molecule has 1 N–H and O–H groups in total. The molecule has 25 heavy (non-hydrogen) atoms. The zero-order valence-electron chi connectivity index (χ0n) is 13.8. The Morgan fingerprint density at radius 2 is 2.28 bits per heavy atom. The van der Waals surface area contributed by atoms with Crippen molar-refractivity contribution in [3.8, 4) is 0 Å². The van der Waals surface area contributed by atoms with Crippen LogP contribution in [0.3, 0.4) is 0 Å². The molecule has 0 spiro atoms. The molecule has 1 saturated heterocycles. The van der Waals surface area contributed by atoms with Gasteiger partial charge in [-0.1, -0.05) is 0 Å². The largest absolute Gasteiger partial charge is 0.376 e. The highest BCUT2D eigenvalue weighted by Crippen LogP contribution is 2.36. The van der Waals surface area contributed by atoms with Crippen LogP contribution in [0.5, 0.6) is 0 Å². The van der Waals surface area contributed by atoms with Crippen LogP contribution in [0.4, 0.5) is 0 Å². The molecule has 1 fully saturated rings. The monoisotopic (exact) mass is 357 g/mol. The molecular formula is C17H19N5O2S. The van der Waals surface area contributed by atoms with E-state index in [9.17, 15) is 4.79 Å². The van der Waals surface area contributed by atoms with Crippen molar-refractivity contribution < 1.29 is 9.53 Å². The van der Waals surface area contributed by atoms with Crippen molar-refractivity contribution in [1.29, 1.82) is 0 Å². The van der Waals surface area contributed by atoms with Gasteiger partial charge in [0.1, 0.15) is 11.2 Å². The highest BCUT2D eigenvalue weighted by Gasteiger charge is 2.23. The summed E-state index contributed by atoms with van der Waals surface area (Å²) in [5.41, 5.74) is 2.09. The first-order valence-electron chi connectivity index (χ1n) is 8.85. The Morgan fingerprint density at radius 3 is 3.16 bits per heavy atom. The number of aryl methyl sites for hydroxylation is 2. The van der Waals surface area contributed by atoms with Crippen molar-refractivity contribution in [1.82, 2.24) is 24.9 Å². The summed E-state index contributed by atoms with van der Waals surface area (Å²) < 4.78 is 7.17. The predicted molar refractivity (Wildman–Crippen MR) is 94.1 cm³/mol. The summed E-state index contributed by atoms with van der Waals surface area (Å²) >= 11 is 1.75. The Morgan fingerprint density at radius 1 is 1.36 bits per heavy atom. The van der Waals surface area contributed by atoms with Crippen LogP contribution in [-0.4, -0.2) is 44.7 Å². The highest BCUT2D eigenvalue weighted by atomic mass is 32.1. The van der Waals surface area contributed by atoms with E-state index < -0.39 is 0 Å². The van der Waals surface area contributed by atoms with Gasteiger partial charge in [0.05, 0.1) is 11.5 Å². The van der Waals surface area contributed by atoms with E-state index in [4.69, 9.17) is 4.74 Å². The second-order valence-corrected chi connectivity index (χ2v) is 7.77. The number of hydrogen-bond donors (Lipinski definition) is 1. The number of thiophene rings is 1. The van der Waals surface area contributed by atoms with Crippen molar-refractivity contribution in [2.45, 2.75) is 44.6 Å². The fourth-order valence-corrected chi connectivity index (χ4v) is 4.97. The molecule has 1 aliphatic heterocycles. The molecule has 1 atom stereocenters. The molecule has 130 valence electrons. The standard InChI is InChI=1S/C17H19N5O2S/c23-16(18-8-10-4-3-7-24-10)14-20-15-13-11-5-1-2-6-12(11)25-17(13)19-9-22(15)21-14/h9-10H,1-8H2,(H,18,23). The van der Waals surface area contributed by atoms with E-state index in [0.717, 1.165) is 48.2 Å². The van der Waals surface area contributed by atoms with Gasteiger partial charge in [-0.15, -0.1) is 16.4 Å². The molecule has 4 heterocycles. The Bertz CT molecular complexity index is 957. The minimum atomic E-state index is -0.253. The van der Waals surface area contributed by atoms with Crippen molar-refractivity contribution >= 4 is 33.1 Å². The molecule has 7 nitrogen and oxygen atoms in total. The lowest BCUT2D eigenvalue weighted by atomic mass is 9.97. The molecule has 3 aromatic rings. The smallest absolute Gasteiger partial charge is 0.291 e. The third-order valence-electron chi connectivity index (χ3n) is 5.01. The van der Waals surface area contributed by atoms with Crippen LogP contribution in [0.15, 0.2) is 6.33 Å². The summed E-state index contributed by atoms with van der Waals surface area (Å²) in [6.07, 6.45) is 8.42. The van der Waals surface area contributed by atoms with Crippen LogP contribution in [0, 0.1) is 0 Å². The number of hydrogen-bond acceptors (Lipinski definition) is 6. The Hall–Kier alpha value is -2.06. The second kappa shape index (κ2) is 6.03. The zero-order chi connectivity index (χ0) is 16.8. The maximum Gasteiger partial charge on any atom is 0.291 e. The first-order valence-corrected chi connectivity index (χ1v) is 9.66. The van der Waals surface area contributed by atoms with Crippen LogP contribution >= 0.6 is 11.3 Å². The lowest BCUT2D eigenvalue weighted by molar-refractivity contribution is 0.0849. The Balaban J connectivity index is 1.49. The van der Waals surface area contributed by atoms with Crippen molar-refractivity contribution in [3.05, 3.63) is 22.6 Å². The topological polar surface area (TPSA) is 81.4 Å². The second-order valence-electron chi connectivity index (χ2n) is 6.68. The Labute approximate surface area is 148 Å². The molecule has 8 heteroatoms. The van der Waals surface area contributed by atoms with E-state index in [1.54, 1.807) is 22.2 Å². The number of fused-ring (bicyclic) bond motifs is 5. The third kappa shape index (κ3) is 2.60. The average Bonchev–Trinajstić information content (AvgIpc) is 3.35. The van der Waals surface area contributed by atoms with Gasteiger partial charge < -0.3 is 10.1 Å². The summed E-state index contributed by atoms with van der Waals surface area (Å²) in [6.45, 7) is 1.29. The third-order valence-corrected chi connectivity index (χ3v) is 6.21. The van der Waals surface area contributed by atoms with Gasteiger partial charge in [0.25, 0.3) is 5.91 Å². The minimum absolute atomic E-state index is 0.109.